The molecule has 1 atom stereocenters. The van der Waals surface area contributed by atoms with Gasteiger partial charge in [-0.2, -0.15) is 9.69 Å². The minimum absolute atomic E-state index is 0.0493. The van der Waals surface area contributed by atoms with Gasteiger partial charge in [0.15, 0.2) is 6.04 Å². The molecular formula is C20H20N5O+. The van der Waals surface area contributed by atoms with Gasteiger partial charge in [-0.3, -0.25) is 9.97 Å². The van der Waals surface area contributed by atoms with Crippen LogP contribution in [0.1, 0.15) is 48.9 Å². The van der Waals surface area contributed by atoms with E-state index >= 15 is 0 Å². The lowest BCUT2D eigenvalue weighted by molar-refractivity contribution is -0.428. The Balaban J connectivity index is 1.30. The van der Waals surface area contributed by atoms with Crippen LogP contribution in [-0.2, 0) is 0 Å². The lowest BCUT2D eigenvalue weighted by atomic mass is 9.72. The first-order valence-corrected chi connectivity index (χ1v) is 9.15. The number of benzene rings is 1. The molecule has 5 rings (SSSR count). The van der Waals surface area contributed by atoms with Gasteiger partial charge in [0, 0.05) is 31.2 Å². The molecule has 0 spiro atoms. The fourth-order valence-corrected chi connectivity index (χ4v) is 4.16. The molecule has 0 radical (unpaired) electrons. The Labute approximate surface area is 151 Å². The number of carbonyl (C=O) groups excluding carboxylic acids is 1. The van der Waals surface area contributed by atoms with Crippen molar-refractivity contribution in [3.8, 4) is 0 Å². The summed E-state index contributed by atoms with van der Waals surface area (Å²) in [5.41, 5.74) is 2.22. The number of hydrogen-bond acceptors (Lipinski definition) is 4. The molecular weight excluding hydrogens is 326 g/mol. The molecule has 3 heterocycles. The van der Waals surface area contributed by atoms with E-state index in [1.165, 1.54) is 5.56 Å². The normalized spacial score (nSPS) is 28.8. The van der Waals surface area contributed by atoms with Gasteiger partial charge in [-0.1, -0.05) is 35.0 Å². The highest BCUT2D eigenvalue weighted by Gasteiger charge is 2.51. The van der Waals surface area contributed by atoms with Crippen LogP contribution in [0.3, 0.4) is 0 Å². The van der Waals surface area contributed by atoms with Crippen LogP contribution in [0.2, 0.25) is 0 Å². The maximum atomic E-state index is 12.9. The van der Waals surface area contributed by atoms with E-state index in [4.69, 9.17) is 0 Å². The molecule has 0 unspecified atom stereocenters. The number of amides is 2. The molecule has 1 aromatic heterocycles. The highest BCUT2D eigenvalue weighted by atomic mass is 16.2. The first-order chi connectivity index (χ1) is 12.8. The quantitative estimate of drug-likeness (QED) is 0.801. The van der Waals surface area contributed by atoms with Gasteiger partial charge >= 0.3 is 6.03 Å². The number of rotatable bonds is 3. The molecule has 2 aliphatic heterocycles. The van der Waals surface area contributed by atoms with Crippen LogP contribution in [0.15, 0.2) is 54.0 Å². The van der Waals surface area contributed by atoms with E-state index in [0.717, 1.165) is 37.2 Å². The summed E-state index contributed by atoms with van der Waals surface area (Å²) in [6, 6.07) is 10.5. The molecule has 1 saturated carbocycles. The summed E-state index contributed by atoms with van der Waals surface area (Å²) in [7, 11) is 0. The van der Waals surface area contributed by atoms with Gasteiger partial charge in [0.2, 0.25) is 5.84 Å². The van der Waals surface area contributed by atoms with Gasteiger partial charge in [0.1, 0.15) is 11.9 Å². The van der Waals surface area contributed by atoms with Crippen LogP contribution < -0.4 is 0 Å². The first-order valence-electron chi connectivity index (χ1n) is 9.15. The smallest absolute Gasteiger partial charge is 0.261 e. The first kappa shape index (κ1) is 15.4. The van der Waals surface area contributed by atoms with Crippen LogP contribution in [-0.4, -0.2) is 37.6 Å². The van der Waals surface area contributed by atoms with Crippen molar-refractivity contribution in [2.75, 3.05) is 0 Å². The zero-order valence-electron chi connectivity index (χ0n) is 14.4. The molecule has 130 valence electrons. The third-order valence-corrected chi connectivity index (χ3v) is 5.58. The van der Waals surface area contributed by atoms with Crippen LogP contribution in [0.4, 0.5) is 4.79 Å². The van der Waals surface area contributed by atoms with E-state index in [9.17, 15) is 4.79 Å². The second-order valence-electron chi connectivity index (χ2n) is 7.19. The number of amidine groups is 1. The van der Waals surface area contributed by atoms with Crippen molar-refractivity contribution in [2.45, 2.75) is 37.6 Å². The molecule has 6 nitrogen and oxygen atoms in total. The summed E-state index contributed by atoms with van der Waals surface area (Å²) in [4.78, 5) is 23.1. The summed E-state index contributed by atoms with van der Waals surface area (Å²) >= 11 is 0. The second kappa shape index (κ2) is 6.12. The predicted octanol–water partition coefficient (Wildman–Crippen LogP) is 3.34. The highest BCUT2D eigenvalue weighted by Crippen LogP contribution is 2.41. The van der Waals surface area contributed by atoms with E-state index in [-0.39, 0.29) is 12.1 Å². The van der Waals surface area contributed by atoms with Crippen molar-refractivity contribution in [2.24, 2.45) is 11.0 Å². The van der Waals surface area contributed by atoms with Crippen LogP contribution >= 0.6 is 0 Å². The van der Waals surface area contributed by atoms with Crippen molar-refractivity contribution >= 4 is 18.1 Å². The fourth-order valence-electron chi connectivity index (χ4n) is 4.16. The third kappa shape index (κ3) is 2.53. The summed E-state index contributed by atoms with van der Waals surface area (Å²) < 4.78 is 1.55. The lowest BCUT2D eigenvalue weighted by Gasteiger charge is -2.32. The van der Waals surface area contributed by atoms with E-state index < -0.39 is 0 Å². The fraction of sp³-hybridized carbons (Fsp3) is 0.350. The molecule has 1 saturated heterocycles. The number of hydrazone groups is 1. The average Bonchev–Trinajstić information content (AvgIpc) is 3.20. The molecule has 2 aromatic rings. The Hall–Kier alpha value is -2.89. The summed E-state index contributed by atoms with van der Waals surface area (Å²) in [5.74, 6) is 1.85. The number of aromatic nitrogens is 2. The van der Waals surface area contributed by atoms with Gasteiger partial charge in [-0.25, -0.2) is 0 Å². The lowest BCUT2D eigenvalue weighted by Crippen LogP contribution is -2.34. The molecule has 0 N–H and O–H groups in total. The average molecular weight is 346 g/mol. The van der Waals surface area contributed by atoms with Gasteiger partial charge in [-0.05, 0) is 29.4 Å². The van der Waals surface area contributed by atoms with Crippen molar-refractivity contribution < 1.29 is 9.48 Å². The molecule has 26 heavy (non-hydrogen) atoms. The van der Waals surface area contributed by atoms with Gasteiger partial charge < -0.3 is 0 Å². The van der Waals surface area contributed by atoms with Crippen molar-refractivity contribution in [1.82, 2.24) is 14.9 Å². The highest BCUT2D eigenvalue weighted by molar-refractivity contribution is 6.00. The van der Waals surface area contributed by atoms with Gasteiger partial charge in [0.25, 0.3) is 0 Å². The Morgan fingerprint density at radius 1 is 1.15 bits per heavy atom. The van der Waals surface area contributed by atoms with E-state index in [0.29, 0.717) is 11.8 Å². The zero-order chi connectivity index (χ0) is 17.5. The molecule has 2 fully saturated rings. The number of nitrogens with zero attached hydrogens (tertiary/aromatic N) is 5. The van der Waals surface area contributed by atoms with Crippen LogP contribution in [0.5, 0.6) is 0 Å². The monoisotopic (exact) mass is 346 g/mol. The van der Waals surface area contributed by atoms with Crippen molar-refractivity contribution in [1.29, 1.82) is 0 Å². The van der Waals surface area contributed by atoms with Crippen molar-refractivity contribution in [3.05, 3.63) is 60.2 Å². The molecule has 3 aliphatic rings. The SMILES string of the molecule is O=C1N2C(=N/[N+]1=C\C1CC(c3ccccc3)C1)CC[C@H]2c1cnccn1. The van der Waals surface area contributed by atoms with E-state index in [2.05, 4.69) is 39.3 Å². The standard InChI is InChI=1S/C20H20N5O/c26-20-24(13-14-10-16(11-14)15-4-2-1-3-5-15)23-19-7-6-18(25(19)20)17-12-21-8-9-22-17/h1-5,8-9,12-14,16,18H,6-7,10-11H2/q+1/b24-13-/t14?,16?,18-/m0/s1. The maximum absolute atomic E-state index is 12.9. The molecule has 1 aromatic carbocycles. The maximum Gasteiger partial charge on any atom is 0.525 e. The van der Waals surface area contributed by atoms with Crippen LogP contribution in [0.25, 0.3) is 0 Å². The third-order valence-electron chi connectivity index (χ3n) is 5.58. The predicted molar refractivity (Wildman–Crippen MR) is 96.9 cm³/mol. The van der Waals surface area contributed by atoms with Gasteiger partial charge in [-0.15, -0.1) is 0 Å². The largest absolute Gasteiger partial charge is 0.525 e. The molecule has 2 amide bonds. The number of urea groups is 1. The molecule has 1 aliphatic carbocycles. The Bertz CT molecular complexity index is 887. The number of carbonyl (C=O) groups is 1. The summed E-state index contributed by atoms with van der Waals surface area (Å²) in [5, 5.41) is 4.55. The zero-order valence-corrected chi connectivity index (χ0v) is 14.4. The molecule has 0 bridgehead atoms. The number of hydrogen-bond donors (Lipinski definition) is 0. The van der Waals surface area contributed by atoms with Crippen LogP contribution in [0, 0.1) is 5.92 Å². The van der Waals surface area contributed by atoms with Crippen molar-refractivity contribution in [3.63, 3.8) is 0 Å². The molecule has 6 heteroatoms. The Morgan fingerprint density at radius 2 is 2.00 bits per heavy atom. The van der Waals surface area contributed by atoms with E-state index in [1.54, 1.807) is 28.2 Å². The Kier molecular flexibility index (Phi) is 3.62. The Morgan fingerprint density at radius 3 is 2.77 bits per heavy atom. The summed E-state index contributed by atoms with van der Waals surface area (Å²) in [6.07, 6.45) is 10.9. The number of fused-ring (bicyclic) bond motifs is 1. The minimum Gasteiger partial charge on any atom is -0.261 e. The van der Waals surface area contributed by atoms with Gasteiger partial charge in [0.05, 0.1) is 6.20 Å². The topological polar surface area (TPSA) is 61.5 Å². The second-order valence-corrected chi connectivity index (χ2v) is 7.19. The summed E-state index contributed by atoms with van der Waals surface area (Å²) in [6.45, 7) is 0. The minimum atomic E-state index is -0.0590. The van der Waals surface area contributed by atoms with E-state index in [1.807, 2.05) is 12.3 Å².